The fraction of sp³-hybridized carbons (Fsp3) is 0. The van der Waals surface area contributed by atoms with Crippen molar-refractivity contribution >= 4 is 22.7 Å². The van der Waals surface area contributed by atoms with E-state index in [0.29, 0.717) is 5.69 Å². The largest absolute Gasteiger partial charge is 0.478 e. The molecule has 5 nitrogen and oxygen atoms in total. The number of nitrogens with zero attached hydrogens (tertiary/aromatic N) is 2. The lowest BCUT2D eigenvalue weighted by Gasteiger charge is -2.04. The third-order valence-electron chi connectivity index (χ3n) is 2.99. The topological polar surface area (TPSA) is 81.1 Å². The van der Waals surface area contributed by atoms with Crippen LogP contribution in [0.2, 0.25) is 0 Å². The summed E-state index contributed by atoms with van der Waals surface area (Å²) in [5, 5.41) is 9.76. The fourth-order valence-corrected chi connectivity index (χ4v) is 2.05. The molecule has 0 radical (unpaired) electrons. The number of rotatable bonds is 2. The number of carboxylic acid groups (broad SMARTS) is 1. The van der Waals surface area contributed by atoms with E-state index in [0.717, 1.165) is 16.7 Å². The monoisotopic (exact) mass is 253 g/mol. The van der Waals surface area contributed by atoms with Crippen LogP contribution in [0.1, 0.15) is 10.4 Å². The summed E-state index contributed by atoms with van der Waals surface area (Å²) in [6, 6.07) is 10.3. The molecule has 0 bridgehead atoms. The fourth-order valence-electron chi connectivity index (χ4n) is 2.05. The summed E-state index contributed by atoms with van der Waals surface area (Å²) >= 11 is 0. The van der Waals surface area contributed by atoms with Gasteiger partial charge in [-0.25, -0.2) is 9.78 Å². The molecule has 0 aliphatic heterocycles. The number of nitrogens with two attached hydrogens (primary N) is 1. The van der Waals surface area contributed by atoms with Gasteiger partial charge in [0.15, 0.2) is 0 Å². The summed E-state index contributed by atoms with van der Waals surface area (Å²) in [6.07, 6.45) is 3.48. The van der Waals surface area contributed by atoms with Gasteiger partial charge >= 0.3 is 5.97 Å². The van der Waals surface area contributed by atoms with Crippen LogP contribution in [0, 0.1) is 0 Å². The Morgan fingerprint density at radius 2 is 1.95 bits per heavy atom. The lowest BCUT2D eigenvalue weighted by atomic mass is 10.2. The molecule has 3 rings (SSSR count). The zero-order chi connectivity index (χ0) is 13.4. The first kappa shape index (κ1) is 11.3. The van der Waals surface area contributed by atoms with Crippen molar-refractivity contribution in [1.82, 2.24) is 9.55 Å². The predicted octanol–water partition coefficient (Wildman–Crippen LogP) is 2.31. The van der Waals surface area contributed by atoms with Gasteiger partial charge < -0.3 is 10.8 Å². The maximum absolute atomic E-state index is 10.8. The average Bonchev–Trinajstić information content (AvgIpc) is 2.77. The SMILES string of the molecule is Nc1cn(-c2ccc(C(=O)O)cc2)c2ncccc12. The van der Waals surface area contributed by atoms with Crippen LogP contribution in [0.15, 0.2) is 48.8 Å². The number of benzene rings is 1. The van der Waals surface area contributed by atoms with Crippen molar-refractivity contribution < 1.29 is 9.90 Å². The molecule has 0 aliphatic rings. The van der Waals surface area contributed by atoms with Gasteiger partial charge in [0.25, 0.3) is 0 Å². The zero-order valence-corrected chi connectivity index (χ0v) is 9.95. The van der Waals surface area contributed by atoms with E-state index in [1.165, 1.54) is 0 Å². The highest BCUT2D eigenvalue weighted by molar-refractivity contribution is 5.91. The molecule has 94 valence electrons. The Morgan fingerprint density at radius 3 is 2.63 bits per heavy atom. The number of carboxylic acids is 1. The molecule has 0 spiro atoms. The van der Waals surface area contributed by atoms with Crippen LogP contribution < -0.4 is 5.73 Å². The number of pyridine rings is 1. The summed E-state index contributed by atoms with van der Waals surface area (Å²) in [6.45, 7) is 0. The number of hydrogen-bond donors (Lipinski definition) is 2. The third kappa shape index (κ3) is 1.81. The maximum atomic E-state index is 10.8. The Labute approximate surface area is 108 Å². The molecule has 3 aromatic rings. The molecule has 19 heavy (non-hydrogen) atoms. The van der Waals surface area contributed by atoms with Gasteiger partial charge in [-0.2, -0.15) is 0 Å². The molecule has 0 atom stereocenters. The van der Waals surface area contributed by atoms with Gasteiger partial charge in [-0.1, -0.05) is 0 Å². The number of hydrogen-bond acceptors (Lipinski definition) is 3. The van der Waals surface area contributed by atoms with Gasteiger partial charge in [0, 0.05) is 23.5 Å². The van der Waals surface area contributed by atoms with Gasteiger partial charge in [0.2, 0.25) is 0 Å². The first-order valence-electron chi connectivity index (χ1n) is 5.72. The number of aromatic nitrogens is 2. The summed E-state index contributed by atoms with van der Waals surface area (Å²) in [5.41, 5.74) is 8.41. The zero-order valence-electron chi connectivity index (χ0n) is 9.95. The lowest BCUT2D eigenvalue weighted by molar-refractivity contribution is 0.0697. The molecule has 0 fully saturated rings. The van der Waals surface area contributed by atoms with E-state index in [4.69, 9.17) is 10.8 Å². The van der Waals surface area contributed by atoms with Crippen LogP contribution in [-0.4, -0.2) is 20.6 Å². The van der Waals surface area contributed by atoms with Crippen LogP contribution in [-0.2, 0) is 0 Å². The van der Waals surface area contributed by atoms with Crippen molar-refractivity contribution in [3.8, 4) is 5.69 Å². The molecule has 0 unspecified atom stereocenters. The highest BCUT2D eigenvalue weighted by atomic mass is 16.4. The number of fused-ring (bicyclic) bond motifs is 1. The second-order valence-corrected chi connectivity index (χ2v) is 4.18. The summed E-state index contributed by atoms with van der Waals surface area (Å²) in [4.78, 5) is 15.1. The minimum atomic E-state index is -0.943. The first-order valence-corrected chi connectivity index (χ1v) is 5.72. The van der Waals surface area contributed by atoms with E-state index in [-0.39, 0.29) is 5.56 Å². The van der Waals surface area contributed by atoms with E-state index in [9.17, 15) is 4.79 Å². The molecule has 0 aliphatic carbocycles. The highest BCUT2D eigenvalue weighted by Crippen LogP contribution is 2.24. The minimum Gasteiger partial charge on any atom is -0.478 e. The van der Waals surface area contributed by atoms with E-state index in [1.54, 1.807) is 36.7 Å². The molecular formula is C14H11N3O2. The van der Waals surface area contributed by atoms with Crippen molar-refractivity contribution in [1.29, 1.82) is 0 Å². The Kier molecular flexibility index (Phi) is 2.45. The van der Waals surface area contributed by atoms with Crippen molar-refractivity contribution in [3.05, 3.63) is 54.4 Å². The second kappa shape index (κ2) is 4.13. The summed E-state index contributed by atoms with van der Waals surface area (Å²) in [5.74, 6) is -0.943. The molecule has 0 saturated heterocycles. The third-order valence-corrected chi connectivity index (χ3v) is 2.99. The summed E-state index contributed by atoms with van der Waals surface area (Å²) in [7, 11) is 0. The molecule has 0 saturated carbocycles. The Balaban J connectivity index is 2.16. The molecule has 2 aromatic heterocycles. The smallest absolute Gasteiger partial charge is 0.335 e. The van der Waals surface area contributed by atoms with Crippen LogP contribution >= 0.6 is 0 Å². The van der Waals surface area contributed by atoms with Gasteiger partial charge in [-0.15, -0.1) is 0 Å². The highest BCUT2D eigenvalue weighted by Gasteiger charge is 2.09. The van der Waals surface area contributed by atoms with E-state index >= 15 is 0 Å². The average molecular weight is 253 g/mol. The number of nitrogen functional groups attached to an aromatic ring is 1. The molecule has 3 N–H and O–H groups in total. The van der Waals surface area contributed by atoms with Crippen LogP contribution in [0.4, 0.5) is 5.69 Å². The van der Waals surface area contributed by atoms with Crippen LogP contribution in [0.3, 0.4) is 0 Å². The summed E-state index contributed by atoms with van der Waals surface area (Å²) < 4.78 is 1.84. The number of carbonyl (C=O) groups is 1. The van der Waals surface area contributed by atoms with Gasteiger partial charge in [-0.05, 0) is 36.4 Å². The van der Waals surface area contributed by atoms with Gasteiger partial charge in [0.1, 0.15) is 5.65 Å². The van der Waals surface area contributed by atoms with Crippen molar-refractivity contribution in [2.24, 2.45) is 0 Å². The van der Waals surface area contributed by atoms with E-state index < -0.39 is 5.97 Å². The molecule has 0 amide bonds. The Bertz CT molecular complexity index is 760. The minimum absolute atomic E-state index is 0.251. The number of aromatic carboxylic acids is 1. The normalized spacial score (nSPS) is 10.7. The Hall–Kier alpha value is -2.82. The van der Waals surface area contributed by atoms with Gasteiger partial charge in [0.05, 0.1) is 11.3 Å². The van der Waals surface area contributed by atoms with Crippen LogP contribution in [0.25, 0.3) is 16.7 Å². The lowest BCUT2D eigenvalue weighted by Crippen LogP contribution is -1.98. The molecular weight excluding hydrogens is 242 g/mol. The first-order chi connectivity index (χ1) is 9.16. The van der Waals surface area contributed by atoms with E-state index in [1.807, 2.05) is 16.7 Å². The standard InChI is InChI=1S/C14H11N3O2/c15-12-8-17(13-11(12)2-1-7-16-13)10-5-3-9(4-6-10)14(18)19/h1-8H,15H2,(H,18,19). The molecule has 2 heterocycles. The van der Waals surface area contributed by atoms with E-state index in [2.05, 4.69) is 4.98 Å². The van der Waals surface area contributed by atoms with Gasteiger partial charge in [-0.3, -0.25) is 4.57 Å². The molecule has 5 heteroatoms. The predicted molar refractivity (Wildman–Crippen MR) is 72.4 cm³/mol. The second-order valence-electron chi connectivity index (χ2n) is 4.18. The van der Waals surface area contributed by atoms with Crippen molar-refractivity contribution in [2.45, 2.75) is 0 Å². The number of anilines is 1. The quantitative estimate of drug-likeness (QED) is 0.734. The maximum Gasteiger partial charge on any atom is 0.335 e. The molecule has 1 aromatic carbocycles. The van der Waals surface area contributed by atoms with Crippen molar-refractivity contribution in [3.63, 3.8) is 0 Å². The Morgan fingerprint density at radius 1 is 1.21 bits per heavy atom. The van der Waals surface area contributed by atoms with Crippen molar-refractivity contribution in [2.75, 3.05) is 5.73 Å². The van der Waals surface area contributed by atoms with Crippen LogP contribution in [0.5, 0.6) is 0 Å².